The maximum atomic E-state index is 12.1. The number of benzene rings is 2. The number of aryl methyl sites for hydroxylation is 3. The number of azo groups is 1. The zero-order valence-corrected chi connectivity index (χ0v) is 14.4. The lowest BCUT2D eigenvalue weighted by molar-refractivity contribution is 0.101. The summed E-state index contributed by atoms with van der Waals surface area (Å²) >= 11 is 0. The lowest BCUT2D eigenvalue weighted by atomic mass is 10.1. The Balaban J connectivity index is 1.69. The molecule has 126 valence electrons. The molecule has 0 saturated heterocycles. The number of amides is 1. The van der Waals surface area contributed by atoms with Gasteiger partial charge in [-0.3, -0.25) is 9.48 Å². The Labute approximate surface area is 146 Å². The zero-order chi connectivity index (χ0) is 17.8. The Morgan fingerprint density at radius 2 is 1.80 bits per heavy atom. The van der Waals surface area contributed by atoms with Crippen molar-refractivity contribution >= 4 is 23.0 Å². The van der Waals surface area contributed by atoms with Crippen LogP contribution in [0.25, 0.3) is 0 Å². The molecule has 0 atom stereocenters. The number of nitrogens with one attached hydrogen (secondary N) is 1. The first-order valence-corrected chi connectivity index (χ1v) is 7.91. The molecule has 0 fully saturated rings. The van der Waals surface area contributed by atoms with E-state index < -0.39 is 0 Å². The summed E-state index contributed by atoms with van der Waals surface area (Å²) < 4.78 is 1.53. The van der Waals surface area contributed by atoms with Crippen LogP contribution in [-0.2, 0) is 7.05 Å². The SMILES string of the molecule is Cc1ccc(N=Nc2ccc(NC(=O)c3ccnn3C)cc2)c(C)c1. The normalized spacial score (nSPS) is 11.0. The third-order valence-electron chi connectivity index (χ3n) is 3.80. The number of carbonyl (C=O) groups excluding carboxylic acids is 1. The zero-order valence-electron chi connectivity index (χ0n) is 14.4. The van der Waals surface area contributed by atoms with Gasteiger partial charge in [-0.15, -0.1) is 0 Å². The third-order valence-corrected chi connectivity index (χ3v) is 3.80. The van der Waals surface area contributed by atoms with E-state index in [9.17, 15) is 4.79 Å². The molecule has 0 aliphatic rings. The monoisotopic (exact) mass is 333 g/mol. The molecule has 1 aromatic heterocycles. The molecule has 25 heavy (non-hydrogen) atoms. The van der Waals surface area contributed by atoms with Crippen molar-refractivity contribution in [3.05, 3.63) is 71.5 Å². The van der Waals surface area contributed by atoms with Gasteiger partial charge in [0.25, 0.3) is 5.91 Å². The fourth-order valence-electron chi connectivity index (χ4n) is 2.43. The van der Waals surface area contributed by atoms with Crippen molar-refractivity contribution in [2.45, 2.75) is 13.8 Å². The second-order valence-electron chi connectivity index (χ2n) is 5.83. The lowest BCUT2D eigenvalue weighted by Crippen LogP contribution is -2.15. The molecule has 3 aromatic rings. The van der Waals surface area contributed by atoms with Gasteiger partial charge >= 0.3 is 0 Å². The summed E-state index contributed by atoms with van der Waals surface area (Å²) in [7, 11) is 1.73. The molecular formula is C19H19N5O. The highest BCUT2D eigenvalue weighted by Crippen LogP contribution is 2.23. The molecule has 6 nitrogen and oxygen atoms in total. The van der Waals surface area contributed by atoms with Crippen molar-refractivity contribution < 1.29 is 4.79 Å². The average Bonchev–Trinajstić information content (AvgIpc) is 3.01. The van der Waals surface area contributed by atoms with E-state index in [0.29, 0.717) is 11.4 Å². The van der Waals surface area contributed by atoms with Gasteiger partial charge in [0.05, 0.1) is 11.4 Å². The minimum Gasteiger partial charge on any atom is -0.321 e. The summed E-state index contributed by atoms with van der Waals surface area (Å²) in [6.45, 7) is 4.06. The molecular weight excluding hydrogens is 314 g/mol. The summed E-state index contributed by atoms with van der Waals surface area (Å²) in [6, 6.07) is 14.9. The number of carbonyl (C=O) groups is 1. The van der Waals surface area contributed by atoms with Gasteiger partial charge < -0.3 is 5.32 Å². The fraction of sp³-hybridized carbons (Fsp3) is 0.158. The number of anilines is 1. The fourth-order valence-corrected chi connectivity index (χ4v) is 2.43. The Hall–Kier alpha value is -3.28. The molecule has 0 aliphatic heterocycles. The van der Waals surface area contributed by atoms with Crippen molar-refractivity contribution in [1.82, 2.24) is 9.78 Å². The molecule has 6 heteroatoms. The maximum absolute atomic E-state index is 12.1. The predicted molar refractivity (Wildman–Crippen MR) is 97.7 cm³/mol. The molecule has 2 aromatic carbocycles. The summed E-state index contributed by atoms with van der Waals surface area (Å²) in [5.41, 5.74) is 5.04. The van der Waals surface area contributed by atoms with Crippen molar-refractivity contribution in [2.24, 2.45) is 17.3 Å². The van der Waals surface area contributed by atoms with Crippen LogP contribution in [0.5, 0.6) is 0 Å². The smallest absolute Gasteiger partial charge is 0.273 e. The van der Waals surface area contributed by atoms with Crippen molar-refractivity contribution in [3.8, 4) is 0 Å². The van der Waals surface area contributed by atoms with Gasteiger partial charge in [-0.25, -0.2) is 0 Å². The van der Waals surface area contributed by atoms with Crippen LogP contribution < -0.4 is 5.32 Å². The van der Waals surface area contributed by atoms with E-state index in [1.54, 1.807) is 31.4 Å². The summed E-state index contributed by atoms with van der Waals surface area (Å²) in [6.07, 6.45) is 1.59. The van der Waals surface area contributed by atoms with Crippen LogP contribution in [0.15, 0.2) is 65.0 Å². The predicted octanol–water partition coefficient (Wildman–Crippen LogP) is 4.70. The first-order valence-electron chi connectivity index (χ1n) is 7.91. The molecule has 0 unspecified atom stereocenters. The van der Waals surface area contributed by atoms with Crippen LogP contribution >= 0.6 is 0 Å². The van der Waals surface area contributed by atoms with E-state index in [1.807, 2.05) is 38.1 Å². The van der Waals surface area contributed by atoms with Crippen LogP contribution in [0, 0.1) is 13.8 Å². The van der Waals surface area contributed by atoms with Crippen molar-refractivity contribution in [3.63, 3.8) is 0 Å². The molecule has 0 radical (unpaired) electrons. The quantitative estimate of drug-likeness (QED) is 0.703. The highest BCUT2D eigenvalue weighted by atomic mass is 16.2. The number of hydrogen-bond acceptors (Lipinski definition) is 4. The number of rotatable bonds is 4. The molecule has 1 amide bonds. The molecule has 3 rings (SSSR count). The second-order valence-corrected chi connectivity index (χ2v) is 5.83. The van der Waals surface area contributed by atoms with Gasteiger partial charge in [-0.1, -0.05) is 17.7 Å². The van der Waals surface area contributed by atoms with Gasteiger partial charge in [0.2, 0.25) is 0 Å². The molecule has 1 heterocycles. The number of aromatic nitrogens is 2. The van der Waals surface area contributed by atoms with Crippen LogP contribution in [0.3, 0.4) is 0 Å². The summed E-state index contributed by atoms with van der Waals surface area (Å²) in [5.74, 6) is -0.204. The van der Waals surface area contributed by atoms with E-state index in [1.165, 1.54) is 10.2 Å². The van der Waals surface area contributed by atoms with Crippen molar-refractivity contribution in [1.29, 1.82) is 0 Å². The van der Waals surface area contributed by atoms with Crippen LogP contribution in [-0.4, -0.2) is 15.7 Å². The average molecular weight is 333 g/mol. The van der Waals surface area contributed by atoms with E-state index in [4.69, 9.17) is 0 Å². The molecule has 0 spiro atoms. The Bertz CT molecular complexity index is 925. The highest BCUT2D eigenvalue weighted by Gasteiger charge is 2.09. The molecule has 0 bridgehead atoms. The van der Waals surface area contributed by atoms with Crippen LogP contribution in [0.1, 0.15) is 21.6 Å². The van der Waals surface area contributed by atoms with Gasteiger partial charge in [-0.2, -0.15) is 15.3 Å². The van der Waals surface area contributed by atoms with E-state index in [-0.39, 0.29) is 5.91 Å². The molecule has 0 aliphatic carbocycles. The van der Waals surface area contributed by atoms with E-state index >= 15 is 0 Å². The van der Waals surface area contributed by atoms with Gasteiger partial charge in [-0.05, 0) is 55.8 Å². The first-order chi connectivity index (χ1) is 12.0. The number of nitrogens with zero attached hydrogens (tertiary/aromatic N) is 4. The van der Waals surface area contributed by atoms with Crippen LogP contribution in [0.2, 0.25) is 0 Å². The molecule has 1 N–H and O–H groups in total. The van der Waals surface area contributed by atoms with E-state index in [0.717, 1.165) is 16.9 Å². The standard InChI is InChI=1S/C19H19N5O/c1-13-4-9-17(14(2)12-13)23-22-16-7-5-15(6-8-16)21-19(25)18-10-11-20-24(18)3/h4-12H,1-3H3,(H,21,25). The third kappa shape index (κ3) is 3.98. The topological polar surface area (TPSA) is 71.6 Å². The Kier molecular flexibility index (Phi) is 4.70. The lowest BCUT2D eigenvalue weighted by Gasteiger charge is -2.05. The minimum atomic E-state index is -0.204. The van der Waals surface area contributed by atoms with Crippen molar-refractivity contribution in [2.75, 3.05) is 5.32 Å². The van der Waals surface area contributed by atoms with Gasteiger partial charge in [0, 0.05) is 18.9 Å². The second kappa shape index (κ2) is 7.09. The van der Waals surface area contributed by atoms with E-state index in [2.05, 4.69) is 26.7 Å². The maximum Gasteiger partial charge on any atom is 0.273 e. The van der Waals surface area contributed by atoms with Gasteiger partial charge in [0.15, 0.2) is 0 Å². The summed E-state index contributed by atoms with van der Waals surface area (Å²) in [5, 5.41) is 15.4. The Morgan fingerprint density at radius 1 is 1.04 bits per heavy atom. The molecule has 0 saturated carbocycles. The van der Waals surface area contributed by atoms with Gasteiger partial charge in [0.1, 0.15) is 5.69 Å². The number of hydrogen-bond donors (Lipinski definition) is 1. The minimum absolute atomic E-state index is 0.204. The largest absolute Gasteiger partial charge is 0.321 e. The first kappa shape index (κ1) is 16.6. The summed E-state index contributed by atoms with van der Waals surface area (Å²) in [4.78, 5) is 12.1. The Morgan fingerprint density at radius 3 is 2.44 bits per heavy atom. The van der Waals surface area contributed by atoms with Crippen LogP contribution in [0.4, 0.5) is 17.1 Å². The highest BCUT2D eigenvalue weighted by molar-refractivity contribution is 6.03.